The minimum Gasteiger partial charge on any atom is -0.451 e. The number of fused-ring (bicyclic) bond motifs is 9. The lowest BCUT2D eigenvalue weighted by molar-refractivity contribution is -0.176. The summed E-state index contributed by atoms with van der Waals surface area (Å²) in [5.41, 5.74) is 0.953. The molecule has 28 heavy (non-hydrogen) atoms. The average Bonchev–Trinajstić information content (AvgIpc) is 3.34. The summed E-state index contributed by atoms with van der Waals surface area (Å²) >= 11 is 0. The molecule has 1 spiro atoms. The summed E-state index contributed by atoms with van der Waals surface area (Å²) in [4.78, 5) is 24.2. The van der Waals surface area contributed by atoms with Crippen molar-refractivity contribution in [3.05, 3.63) is 23.8 Å². The van der Waals surface area contributed by atoms with Crippen molar-refractivity contribution in [3.8, 4) is 0 Å². The molecule has 6 rings (SSSR count). The summed E-state index contributed by atoms with van der Waals surface area (Å²) in [5.74, 6) is 3.58. The largest absolute Gasteiger partial charge is 0.451 e. The Morgan fingerprint density at radius 1 is 1.25 bits per heavy atom. The molecule has 150 valence electrons. The van der Waals surface area contributed by atoms with Gasteiger partial charge < -0.3 is 9.84 Å². The fourth-order valence-corrected chi connectivity index (χ4v) is 8.93. The first-order chi connectivity index (χ1) is 13.5. The molecule has 3 unspecified atom stereocenters. The molecule has 0 saturated heterocycles. The van der Waals surface area contributed by atoms with Gasteiger partial charge in [-0.25, -0.2) is 4.79 Å². The number of aliphatic hydroxyl groups is 1. The van der Waals surface area contributed by atoms with E-state index in [1.54, 1.807) is 6.08 Å². The lowest BCUT2D eigenvalue weighted by Crippen LogP contribution is -2.58. The van der Waals surface area contributed by atoms with Gasteiger partial charge >= 0.3 is 5.97 Å². The van der Waals surface area contributed by atoms with Crippen LogP contribution in [0.15, 0.2) is 23.8 Å². The second kappa shape index (κ2) is 5.59. The Morgan fingerprint density at radius 3 is 2.82 bits per heavy atom. The number of rotatable bonds is 2. The van der Waals surface area contributed by atoms with Gasteiger partial charge in [0.2, 0.25) is 0 Å². The molecule has 6 aliphatic rings. The van der Waals surface area contributed by atoms with E-state index >= 15 is 0 Å². The van der Waals surface area contributed by atoms with E-state index < -0.39 is 5.60 Å². The van der Waals surface area contributed by atoms with Crippen molar-refractivity contribution in [3.63, 3.8) is 0 Å². The third-order valence-corrected chi connectivity index (χ3v) is 9.79. The number of ketones is 1. The van der Waals surface area contributed by atoms with Gasteiger partial charge in [0.15, 0.2) is 5.78 Å². The van der Waals surface area contributed by atoms with Gasteiger partial charge in [0, 0.05) is 30.4 Å². The van der Waals surface area contributed by atoms with Crippen LogP contribution in [-0.2, 0) is 14.3 Å². The van der Waals surface area contributed by atoms with E-state index in [0.717, 1.165) is 38.5 Å². The van der Waals surface area contributed by atoms with Crippen molar-refractivity contribution >= 4 is 11.8 Å². The maximum Gasteiger partial charge on any atom is 0.331 e. The van der Waals surface area contributed by atoms with Crippen LogP contribution in [0.5, 0.6) is 0 Å². The number of carbonyl (C=O) groups is 2. The second-order valence-corrected chi connectivity index (χ2v) is 10.3. The summed E-state index contributed by atoms with van der Waals surface area (Å²) in [6, 6.07) is 0. The minimum atomic E-state index is -0.391. The van der Waals surface area contributed by atoms with Gasteiger partial charge in [-0.1, -0.05) is 12.5 Å². The molecule has 0 bridgehead atoms. The minimum absolute atomic E-state index is 0.0313. The van der Waals surface area contributed by atoms with Gasteiger partial charge in [-0.2, -0.15) is 0 Å². The fourth-order valence-electron chi connectivity index (χ4n) is 8.93. The highest BCUT2D eigenvalue weighted by Gasteiger charge is 2.79. The average molecular weight is 383 g/mol. The fraction of sp³-hybridized carbons (Fsp3) is 0.750. The van der Waals surface area contributed by atoms with Gasteiger partial charge in [0.1, 0.15) is 5.60 Å². The van der Waals surface area contributed by atoms with Crippen molar-refractivity contribution in [2.45, 2.75) is 57.5 Å². The van der Waals surface area contributed by atoms with Crippen LogP contribution in [-0.4, -0.2) is 29.1 Å². The third kappa shape index (κ3) is 1.91. The molecule has 1 heterocycles. The summed E-state index contributed by atoms with van der Waals surface area (Å²) in [6.07, 6.45) is 12.7. The van der Waals surface area contributed by atoms with E-state index in [2.05, 4.69) is 13.0 Å². The van der Waals surface area contributed by atoms with Crippen LogP contribution < -0.4 is 0 Å². The number of allylic oxidation sites excluding steroid dienone is 1. The number of hydrogen-bond acceptors (Lipinski definition) is 4. The Balaban J connectivity index is 1.44. The van der Waals surface area contributed by atoms with Crippen molar-refractivity contribution < 1.29 is 19.4 Å². The lowest BCUT2D eigenvalue weighted by Gasteiger charge is -2.59. The van der Waals surface area contributed by atoms with Crippen LogP contribution in [0.25, 0.3) is 0 Å². The van der Waals surface area contributed by atoms with Crippen molar-refractivity contribution in [1.29, 1.82) is 0 Å². The molecule has 0 aromatic heterocycles. The van der Waals surface area contributed by atoms with Gasteiger partial charge in [-0.05, 0) is 86.2 Å². The van der Waals surface area contributed by atoms with E-state index in [4.69, 9.17) is 4.74 Å². The van der Waals surface area contributed by atoms with Crippen LogP contribution in [0.1, 0.15) is 51.9 Å². The van der Waals surface area contributed by atoms with E-state index in [0.29, 0.717) is 41.9 Å². The smallest absolute Gasteiger partial charge is 0.331 e. The summed E-state index contributed by atoms with van der Waals surface area (Å²) in [5, 5.41) is 10.4. The van der Waals surface area contributed by atoms with Crippen LogP contribution in [0.4, 0.5) is 0 Å². The molecule has 1 N–H and O–H groups in total. The number of aliphatic hydroxyl groups excluding tert-OH is 1. The number of hydrogen-bond donors (Lipinski definition) is 1. The maximum absolute atomic E-state index is 12.1. The molecule has 4 fully saturated rings. The predicted molar refractivity (Wildman–Crippen MR) is 103 cm³/mol. The van der Waals surface area contributed by atoms with E-state index in [9.17, 15) is 14.7 Å². The van der Waals surface area contributed by atoms with Crippen LogP contribution in [0.2, 0.25) is 0 Å². The van der Waals surface area contributed by atoms with Gasteiger partial charge in [0.25, 0.3) is 0 Å². The van der Waals surface area contributed by atoms with Crippen molar-refractivity contribution in [1.82, 2.24) is 0 Å². The molecule has 0 aromatic carbocycles. The van der Waals surface area contributed by atoms with Gasteiger partial charge in [-0.15, -0.1) is 0 Å². The normalized spacial score (nSPS) is 53.2. The Bertz CT molecular complexity index is 811. The summed E-state index contributed by atoms with van der Waals surface area (Å²) in [6.45, 7) is 2.48. The Kier molecular flexibility index (Phi) is 3.48. The summed E-state index contributed by atoms with van der Waals surface area (Å²) in [7, 11) is 0. The molecule has 4 nitrogen and oxygen atoms in total. The molecular formula is C24H30O4. The zero-order valence-corrected chi connectivity index (χ0v) is 16.6. The van der Waals surface area contributed by atoms with Crippen LogP contribution in [0, 0.1) is 46.8 Å². The third-order valence-electron chi connectivity index (χ3n) is 9.79. The summed E-state index contributed by atoms with van der Waals surface area (Å²) < 4.78 is 6.13. The predicted octanol–water partition coefficient (Wildman–Crippen LogP) is 3.44. The molecule has 0 aromatic rings. The highest BCUT2D eigenvalue weighted by Crippen LogP contribution is 2.79. The van der Waals surface area contributed by atoms with Gasteiger partial charge in [0.05, 0.1) is 0 Å². The first kappa shape index (κ1) is 17.4. The SMILES string of the molecule is CC[C@]12CCC3C(C1[C@H]1C[C@H]1[C@@]21C=CC(=O)O1)[C@@H](CO)CC1=CC(=O)CC[C@@H]13. The quantitative estimate of drug-likeness (QED) is 0.743. The highest BCUT2D eigenvalue weighted by molar-refractivity contribution is 5.91. The molecule has 4 saturated carbocycles. The van der Waals surface area contributed by atoms with Crippen molar-refractivity contribution in [2.75, 3.05) is 6.61 Å². The molecule has 1 aliphatic heterocycles. The standard InChI is InChI=1S/C24H30O4/c1-2-23-7-5-17-16-4-3-15(26)10-13(16)9-14(12-25)21(17)22(23)18-11-19(18)24(23)8-6-20(27)28-24/h6,8,10,14,16-19,21-22,25H,2-5,7,9,11-12H2,1H3/t14-,16+,17?,18+,19-,21?,22?,23+,24+/m1/s1. The lowest BCUT2D eigenvalue weighted by atomic mass is 9.46. The Hall–Kier alpha value is -1.42. The molecular weight excluding hydrogens is 352 g/mol. The highest BCUT2D eigenvalue weighted by atomic mass is 16.6. The molecule has 0 amide bonds. The number of carbonyl (C=O) groups excluding carboxylic acids is 2. The Labute approximate surface area is 166 Å². The first-order valence-electron chi connectivity index (χ1n) is 11.3. The Morgan fingerprint density at radius 2 is 2.11 bits per heavy atom. The molecule has 9 atom stereocenters. The molecule has 0 radical (unpaired) electrons. The van der Waals surface area contributed by atoms with Crippen molar-refractivity contribution in [2.24, 2.45) is 46.8 Å². The van der Waals surface area contributed by atoms with E-state index in [1.165, 1.54) is 5.57 Å². The van der Waals surface area contributed by atoms with E-state index in [-0.39, 0.29) is 29.7 Å². The molecule has 4 heteroatoms. The second-order valence-electron chi connectivity index (χ2n) is 10.3. The zero-order valence-electron chi connectivity index (χ0n) is 16.6. The van der Waals surface area contributed by atoms with Crippen LogP contribution in [0.3, 0.4) is 0 Å². The van der Waals surface area contributed by atoms with Crippen LogP contribution >= 0.6 is 0 Å². The topological polar surface area (TPSA) is 63.6 Å². The molecule has 5 aliphatic carbocycles. The van der Waals surface area contributed by atoms with Gasteiger partial charge in [-0.3, -0.25) is 4.79 Å². The maximum atomic E-state index is 12.1. The van der Waals surface area contributed by atoms with E-state index in [1.807, 2.05) is 6.08 Å². The number of ether oxygens (including phenoxy) is 1. The zero-order chi connectivity index (χ0) is 19.3. The first-order valence-corrected chi connectivity index (χ1v) is 11.3. The number of esters is 1. The monoisotopic (exact) mass is 382 g/mol.